The molecule has 2 fully saturated rings. The van der Waals surface area contributed by atoms with E-state index in [9.17, 15) is 23.1 Å². The maximum Gasteiger partial charge on any atom is 0.410 e. The minimum absolute atomic E-state index is 0.00372. The first-order valence-corrected chi connectivity index (χ1v) is 9.24. The maximum atomic E-state index is 14.2. The fourth-order valence-corrected chi connectivity index (χ4v) is 4.43. The van der Waals surface area contributed by atoms with Gasteiger partial charge in [0.15, 0.2) is 11.6 Å². The number of carbonyl (C=O) groups excluding carboxylic acids is 1. The molecule has 0 radical (unpaired) electrons. The van der Waals surface area contributed by atoms with Crippen molar-refractivity contribution < 1.29 is 27.8 Å². The molecule has 2 bridgehead atoms. The highest BCUT2D eigenvalue weighted by molar-refractivity contribution is 5.69. The van der Waals surface area contributed by atoms with E-state index < -0.39 is 29.1 Å². The zero-order valence-corrected chi connectivity index (χ0v) is 15.1. The third-order valence-electron chi connectivity index (χ3n) is 5.68. The van der Waals surface area contributed by atoms with E-state index in [0.717, 1.165) is 11.6 Å². The van der Waals surface area contributed by atoms with Gasteiger partial charge in [-0.3, -0.25) is 0 Å². The fourth-order valence-electron chi connectivity index (χ4n) is 4.43. The fraction of sp³-hybridized carbons (Fsp3) is 0.381. The molecule has 28 heavy (non-hydrogen) atoms. The zero-order chi connectivity index (χ0) is 19.9. The van der Waals surface area contributed by atoms with Crippen LogP contribution in [-0.4, -0.2) is 28.2 Å². The Bertz CT molecular complexity index is 876. The number of amides is 1. The number of rotatable bonds is 3. The summed E-state index contributed by atoms with van der Waals surface area (Å²) in [7, 11) is 0. The Morgan fingerprint density at radius 3 is 2.39 bits per heavy atom. The van der Waals surface area contributed by atoms with Crippen LogP contribution in [0.1, 0.15) is 36.8 Å². The van der Waals surface area contributed by atoms with Gasteiger partial charge in [-0.15, -0.1) is 0 Å². The number of aliphatic hydroxyl groups is 1. The highest BCUT2D eigenvalue weighted by Gasteiger charge is 2.51. The summed E-state index contributed by atoms with van der Waals surface area (Å²) in [5.74, 6) is -3.52. The average molecular weight is 391 g/mol. The third-order valence-corrected chi connectivity index (χ3v) is 5.68. The molecule has 0 saturated carbocycles. The summed E-state index contributed by atoms with van der Waals surface area (Å²) < 4.78 is 46.9. The van der Waals surface area contributed by atoms with Crippen LogP contribution in [0, 0.1) is 17.5 Å². The second-order valence-corrected chi connectivity index (χ2v) is 7.52. The van der Waals surface area contributed by atoms with Crippen molar-refractivity contribution in [2.45, 2.75) is 50.0 Å². The van der Waals surface area contributed by atoms with Crippen LogP contribution in [-0.2, 0) is 16.9 Å². The van der Waals surface area contributed by atoms with Gasteiger partial charge < -0.3 is 14.7 Å². The molecule has 148 valence electrons. The smallest absolute Gasteiger partial charge is 0.410 e. The molecule has 2 aliphatic rings. The number of ether oxygens (including phenoxy) is 1. The molecule has 2 aliphatic heterocycles. The Hall–Kier alpha value is -2.54. The van der Waals surface area contributed by atoms with Crippen molar-refractivity contribution in [2.75, 3.05) is 0 Å². The summed E-state index contributed by atoms with van der Waals surface area (Å²) in [6.07, 6.45) is 0.747. The van der Waals surface area contributed by atoms with Gasteiger partial charge in [0.1, 0.15) is 12.4 Å². The highest BCUT2D eigenvalue weighted by atomic mass is 19.2. The normalized spacial score (nSPS) is 26.4. The summed E-state index contributed by atoms with van der Waals surface area (Å²) in [5.41, 5.74) is -1.26. The first kappa shape index (κ1) is 18.8. The van der Waals surface area contributed by atoms with Crippen LogP contribution in [0.5, 0.6) is 0 Å². The molecule has 4 rings (SSSR count). The molecule has 0 aromatic heterocycles. The Morgan fingerprint density at radius 1 is 1.11 bits per heavy atom. The van der Waals surface area contributed by atoms with Crippen molar-refractivity contribution in [1.29, 1.82) is 0 Å². The van der Waals surface area contributed by atoms with E-state index in [1.54, 1.807) is 4.90 Å². The second kappa shape index (κ2) is 7.13. The van der Waals surface area contributed by atoms with Crippen LogP contribution >= 0.6 is 0 Å². The van der Waals surface area contributed by atoms with Crippen LogP contribution in [0.2, 0.25) is 0 Å². The summed E-state index contributed by atoms with van der Waals surface area (Å²) in [6.45, 7) is 0.129. The van der Waals surface area contributed by atoms with E-state index in [-0.39, 0.29) is 37.1 Å². The highest BCUT2D eigenvalue weighted by Crippen LogP contribution is 2.47. The Labute approximate surface area is 160 Å². The largest absolute Gasteiger partial charge is 0.445 e. The van der Waals surface area contributed by atoms with Crippen LogP contribution in [0.3, 0.4) is 0 Å². The van der Waals surface area contributed by atoms with Gasteiger partial charge in [-0.1, -0.05) is 30.3 Å². The number of piperidine rings is 1. The van der Waals surface area contributed by atoms with Crippen LogP contribution < -0.4 is 0 Å². The van der Waals surface area contributed by atoms with E-state index >= 15 is 0 Å². The molecular formula is C21H20F3NO3. The standard InChI is InChI=1S/C21H20F3NO3/c22-14-8-17(19(24)18(23)9-14)21(27)10-15-6-7-16(11-21)25(15)20(26)28-12-13-4-2-1-3-5-13/h1-5,8-9,15-16,27H,6-7,10-12H2. The number of fused-ring (bicyclic) bond motifs is 2. The minimum Gasteiger partial charge on any atom is -0.445 e. The second-order valence-electron chi connectivity index (χ2n) is 7.52. The van der Waals surface area contributed by atoms with E-state index in [4.69, 9.17) is 4.74 Å². The van der Waals surface area contributed by atoms with Gasteiger partial charge in [-0.2, -0.15) is 0 Å². The lowest BCUT2D eigenvalue weighted by molar-refractivity contribution is -0.0562. The predicted molar refractivity (Wildman–Crippen MR) is 94.7 cm³/mol. The molecule has 2 unspecified atom stereocenters. The lowest BCUT2D eigenvalue weighted by Crippen LogP contribution is -2.52. The van der Waals surface area contributed by atoms with Gasteiger partial charge in [0.05, 0.1) is 5.60 Å². The van der Waals surface area contributed by atoms with Gasteiger partial charge in [0.2, 0.25) is 0 Å². The third kappa shape index (κ3) is 3.35. The SMILES string of the molecule is O=C(OCc1ccccc1)N1C2CCC1CC(O)(c1cc(F)cc(F)c1F)C2. The number of hydrogen-bond donors (Lipinski definition) is 1. The molecule has 2 atom stereocenters. The number of carbonyl (C=O) groups is 1. The van der Waals surface area contributed by atoms with Crippen molar-refractivity contribution in [2.24, 2.45) is 0 Å². The number of halogens is 3. The quantitative estimate of drug-likeness (QED) is 0.796. The molecular weight excluding hydrogens is 371 g/mol. The number of benzene rings is 2. The molecule has 2 aromatic rings. The van der Waals surface area contributed by atoms with E-state index in [1.165, 1.54) is 0 Å². The molecule has 1 amide bonds. The van der Waals surface area contributed by atoms with Crippen LogP contribution in [0.4, 0.5) is 18.0 Å². The van der Waals surface area contributed by atoms with Gasteiger partial charge in [0.25, 0.3) is 0 Å². The summed E-state index contributed by atoms with van der Waals surface area (Å²) in [5, 5.41) is 11.0. The Kier molecular flexibility index (Phi) is 4.79. The van der Waals surface area contributed by atoms with Gasteiger partial charge >= 0.3 is 6.09 Å². The Morgan fingerprint density at radius 2 is 1.75 bits per heavy atom. The molecule has 7 heteroatoms. The molecule has 2 saturated heterocycles. The molecule has 1 N–H and O–H groups in total. The van der Waals surface area contributed by atoms with Crippen LogP contribution in [0.25, 0.3) is 0 Å². The summed E-state index contributed by atoms with van der Waals surface area (Å²) in [6, 6.07) is 9.78. The van der Waals surface area contributed by atoms with Crippen molar-refractivity contribution in [3.8, 4) is 0 Å². The minimum atomic E-state index is -1.73. The van der Waals surface area contributed by atoms with Gasteiger partial charge in [-0.25, -0.2) is 18.0 Å². The van der Waals surface area contributed by atoms with E-state index in [0.29, 0.717) is 18.9 Å². The molecule has 0 spiro atoms. The average Bonchev–Trinajstić information content (AvgIpc) is 2.95. The summed E-state index contributed by atoms with van der Waals surface area (Å²) >= 11 is 0. The lowest BCUT2D eigenvalue weighted by atomic mass is 9.80. The van der Waals surface area contributed by atoms with Crippen molar-refractivity contribution >= 4 is 6.09 Å². The summed E-state index contributed by atoms with van der Waals surface area (Å²) in [4.78, 5) is 14.2. The van der Waals surface area contributed by atoms with Crippen molar-refractivity contribution in [1.82, 2.24) is 4.90 Å². The zero-order valence-electron chi connectivity index (χ0n) is 15.1. The van der Waals surface area contributed by atoms with Crippen molar-refractivity contribution in [3.05, 3.63) is 71.0 Å². The van der Waals surface area contributed by atoms with Crippen molar-refractivity contribution in [3.63, 3.8) is 0 Å². The maximum absolute atomic E-state index is 14.2. The molecule has 2 aromatic carbocycles. The first-order valence-electron chi connectivity index (χ1n) is 9.24. The first-order chi connectivity index (χ1) is 13.4. The van der Waals surface area contributed by atoms with E-state index in [1.807, 2.05) is 30.3 Å². The van der Waals surface area contributed by atoms with Crippen LogP contribution in [0.15, 0.2) is 42.5 Å². The molecule has 2 heterocycles. The topological polar surface area (TPSA) is 49.8 Å². The van der Waals surface area contributed by atoms with Gasteiger partial charge in [0, 0.05) is 36.6 Å². The van der Waals surface area contributed by atoms with E-state index in [2.05, 4.69) is 0 Å². The predicted octanol–water partition coefficient (Wildman–Crippen LogP) is 4.26. The van der Waals surface area contributed by atoms with Gasteiger partial charge in [-0.05, 0) is 24.5 Å². The Balaban J connectivity index is 1.51. The molecule has 4 nitrogen and oxygen atoms in total. The number of hydrogen-bond acceptors (Lipinski definition) is 3. The monoisotopic (exact) mass is 391 g/mol. The lowest BCUT2D eigenvalue weighted by Gasteiger charge is -2.43. The molecule has 0 aliphatic carbocycles. The number of nitrogens with zero attached hydrogens (tertiary/aromatic N) is 1.